The minimum absolute atomic E-state index is 0.350. The summed E-state index contributed by atoms with van der Waals surface area (Å²) < 4.78 is 1.11. The summed E-state index contributed by atoms with van der Waals surface area (Å²) in [5.74, 6) is -0.880. The highest BCUT2D eigenvalue weighted by atomic mass is 79.9. The molecule has 17 heavy (non-hydrogen) atoms. The number of aliphatic carboxylic acids is 1. The molecular weight excluding hydrogens is 282 g/mol. The largest absolute Gasteiger partial charge is 0.478 e. The minimum Gasteiger partial charge on any atom is -0.478 e. The van der Waals surface area contributed by atoms with E-state index in [4.69, 9.17) is 5.11 Å². The van der Waals surface area contributed by atoms with Crippen LogP contribution in [0.5, 0.6) is 0 Å². The van der Waals surface area contributed by atoms with Gasteiger partial charge in [0, 0.05) is 22.3 Å². The Balaban J connectivity index is 2.71. The van der Waals surface area contributed by atoms with Crippen molar-refractivity contribution in [3.8, 4) is 0 Å². The Labute approximate surface area is 110 Å². The van der Waals surface area contributed by atoms with Gasteiger partial charge in [-0.05, 0) is 44.0 Å². The van der Waals surface area contributed by atoms with Crippen molar-refractivity contribution in [2.75, 3.05) is 11.9 Å². The number of carboxylic acids is 1. The number of aryl methyl sites for hydroxylation is 2. The van der Waals surface area contributed by atoms with Crippen LogP contribution in [0.3, 0.4) is 0 Å². The molecule has 0 heterocycles. The van der Waals surface area contributed by atoms with E-state index in [2.05, 4.69) is 21.2 Å². The molecule has 0 atom stereocenters. The van der Waals surface area contributed by atoms with E-state index in [0.29, 0.717) is 12.1 Å². The lowest BCUT2D eigenvalue weighted by Crippen LogP contribution is -2.03. The number of carbonyl (C=O) groups is 1. The van der Waals surface area contributed by atoms with Crippen LogP contribution in [0.1, 0.15) is 18.1 Å². The normalized spacial score (nSPS) is 11.4. The third-order valence-electron chi connectivity index (χ3n) is 2.49. The predicted molar refractivity (Wildman–Crippen MR) is 73.5 cm³/mol. The standard InChI is InChI=1S/C13H16BrNO2/c1-8(13(16)17)4-5-15-11-6-9(2)12(14)10(3)7-11/h4,6-7,15H,5H2,1-3H3,(H,16,17)/b8-4-. The van der Waals surface area contributed by atoms with Gasteiger partial charge in [-0.3, -0.25) is 0 Å². The molecule has 1 rings (SSSR count). The first kappa shape index (κ1) is 13.8. The number of anilines is 1. The Morgan fingerprint density at radius 3 is 2.41 bits per heavy atom. The van der Waals surface area contributed by atoms with Gasteiger partial charge in [-0.25, -0.2) is 4.79 Å². The molecule has 0 aliphatic carbocycles. The molecule has 0 aliphatic heterocycles. The summed E-state index contributed by atoms with van der Waals surface area (Å²) in [4.78, 5) is 10.6. The van der Waals surface area contributed by atoms with E-state index in [9.17, 15) is 4.79 Å². The molecule has 1 aromatic carbocycles. The number of hydrogen-bond acceptors (Lipinski definition) is 2. The van der Waals surface area contributed by atoms with E-state index in [1.807, 2.05) is 26.0 Å². The predicted octanol–water partition coefficient (Wildman–Crippen LogP) is 3.51. The SMILES string of the molecule is C/C(=C/CNc1cc(C)c(Br)c(C)c1)C(=O)O. The van der Waals surface area contributed by atoms with Crippen molar-refractivity contribution in [1.82, 2.24) is 0 Å². The zero-order chi connectivity index (χ0) is 13.0. The van der Waals surface area contributed by atoms with Crippen LogP contribution in [-0.4, -0.2) is 17.6 Å². The Morgan fingerprint density at radius 1 is 1.41 bits per heavy atom. The van der Waals surface area contributed by atoms with Crippen molar-refractivity contribution < 1.29 is 9.90 Å². The van der Waals surface area contributed by atoms with E-state index in [-0.39, 0.29) is 0 Å². The fourth-order valence-electron chi connectivity index (χ4n) is 1.46. The molecule has 0 fully saturated rings. The van der Waals surface area contributed by atoms with Gasteiger partial charge in [-0.1, -0.05) is 22.0 Å². The van der Waals surface area contributed by atoms with Crippen LogP contribution in [0.15, 0.2) is 28.3 Å². The zero-order valence-corrected chi connectivity index (χ0v) is 11.8. The number of hydrogen-bond donors (Lipinski definition) is 2. The quantitative estimate of drug-likeness (QED) is 0.836. The molecule has 0 aromatic heterocycles. The van der Waals surface area contributed by atoms with Gasteiger partial charge < -0.3 is 10.4 Å². The third-order valence-corrected chi connectivity index (χ3v) is 3.74. The van der Waals surface area contributed by atoms with E-state index in [1.54, 1.807) is 13.0 Å². The van der Waals surface area contributed by atoms with Crippen LogP contribution in [0.4, 0.5) is 5.69 Å². The third kappa shape index (κ3) is 3.89. The molecule has 0 radical (unpaired) electrons. The van der Waals surface area contributed by atoms with Crippen molar-refractivity contribution in [3.63, 3.8) is 0 Å². The second kappa shape index (κ2) is 5.87. The van der Waals surface area contributed by atoms with Gasteiger partial charge in [-0.15, -0.1) is 0 Å². The first-order valence-electron chi connectivity index (χ1n) is 5.32. The highest BCUT2D eigenvalue weighted by Gasteiger charge is 2.02. The van der Waals surface area contributed by atoms with Crippen LogP contribution in [0.25, 0.3) is 0 Å². The van der Waals surface area contributed by atoms with Gasteiger partial charge in [0.25, 0.3) is 0 Å². The highest BCUT2D eigenvalue weighted by Crippen LogP contribution is 2.24. The Bertz CT molecular complexity index is 443. The summed E-state index contributed by atoms with van der Waals surface area (Å²) in [7, 11) is 0. The van der Waals surface area contributed by atoms with Gasteiger partial charge in [-0.2, -0.15) is 0 Å². The molecule has 0 saturated carbocycles. The Morgan fingerprint density at radius 2 is 1.94 bits per heavy atom. The fourth-order valence-corrected chi connectivity index (χ4v) is 1.69. The summed E-state index contributed by atoms with van der Waals surface area (Å²) in [5, 5.41) is 11.9. The van der Waals surface area contributed by atoms with Gasteiger partial charge in [0.15, 0.2) is 0 Å². The lowest BCUT2D eigenvalue weighted by Gasteiger charge is -2.09. The lowest BCUT2D eigenvalue weighted by atomic mass is 10.1. The highest BCUT2D eigenvalue weighted by molar-refractivity contribution is 9.10. The van der Waals surface area contributed by atoms with E-state index < -0.39 is 5.97 Å². The summed E-state index contributed by atoms with van der Waals surface area (Å²) in [6.07, 6.45) is 1.66. The van der Waals surface area contributed by atoms with Crippen molar-refractivity contribution in [3.05, 3.63) is 39.4 Å². The summed E-state index contributed by atoms with van der Waals surface area (Å²) in [5.41, 5.74) is 3.67. The summed E-state index contributed by atoms with van der Waals surface area (Å²) in [6.45, 7) is 6.15. The molecule has 0 unspecified atom stereocenters. The number of nitrogens with one attached hydrogen (secondary N) is 1. The van der Waals surface area contributed by atoms with Crippen molar-refractivity contribution in [2.45, 2.75) is 20.8 Å². The molecule has 2 N–H and O–H groups in total. The zero-order valence-electron chi connectivity index (χ0n) is 10.2. The number of rotatable bonds is 4. The fraction of sp³-hybridized carbons (Fsp3) is 0.308. The molecule has 3 nitrogen and oxygen atoms in total. The monoisotopic (exact) mass is 297 g/mol. The number of halogens is 1. The van der Waals surface area contributed by atoms with Crippen molar-refractivity contribution in [1.29, 1.82) is 0 Å². The average molecular weight is 298 g/mol. The average Bonchev–Trinajstić information content (AvgIpc) is 2.25. The Hall–Kier alpha value is -1.29. The lowest BCUT2D eigenvalue weighted by molar-refractivity contribution is -0.132. The van der Waals surface area contributed by atoms with Crippen molar-refractivity contribution in [2.24, 2.45) is 0 Å². The maximum atomic E-state index is 10.6. The van der Waals surface area contributed by atoms with Gasteiger partial charge in [0.05, 0.1) is 0 Å². The van der Waals surface area contributed by atoms with Crippen LogP contribution in [0.2, 0.25) is 0 Å². The molecule has 92 valence electrons. The molecule has 0 amide bonds. The first-order valence-corrected chi connectivity index (χ1v) is 6.11. The smallest absolute Gasteiger partial charge is 0.331 e. The molecule has 0 spiro atoms. The minimum atomic E-state index is -0.880. The van der Waals surface area contributed by atoms with Gasteiger partial charge in [0.1, 0.15) is 0 Å². The number of carboxylic acid groups (broad SMARTS) is 1. The first-order chi connectivity index (χ1) is 7.91. The van der Waals surface area contributed by atoms with Crippen LogP contribution in [0, 0.1) is 13.8 Å². The van der Waals surface area contributed by atoms with Crippen LogP contribution < -0.4 is 5.32 Å². The van der Waals surface area contributed by atoms with E-state index in [1.165, 1.54) is 0 Å². The van der Waals surface area contributed by atoms with E-state index >= 15 is 0 Å². The molecule has 0 saturated heterocycles. The summed E-state index contributed by atoms with van der Waals surface area (Å²) >= 11 is 3.51. The molecule has 1 aromatic rings. The molecule has 0 bridgehead atoms. The summed E-state index contributed by atoms with van der Waals surface area (Å²) in [6, 6.07) is 4.06. The van der Waals surface area contributed by atoms with Crippen LogP contribution in [-0.2, 0) is 4.79 Å². The maximum absolute atomic E-state index is 10.6. The second-order valence-corrected chi connectivity index (χ2v) is 4.79. The second-order valence-electron chi connectivity index (χ2n) is 4.00. The molecular formula is C13H16BrNO2. The van der Waals surface area contributed by atoms with Gasteiger partial charge in [0.2, 0.25) is 0 Å². The van der Waals surface area contributed by atoms with Crippen LogP contribution >= 0.6 is 15.9 Å². The molecule has 0 aliphatic rings. The van der Waals surface area contributed by atoms with Gasteiger partial charge >= 0.3 is 5.97 Å². The maximum Gasteiger partial charge on any atom is 0.331 e. The van der Waals surface area contributed by atoms with E-state index in [0.717, 1.165) is 21.3 Å². The molecule has 4 heteroatoms. The topological polar surface area (TPSA) is 49.3 Å². The number of benzene rings is 1. The Kier molecular flexibility index (Phi) is 4.75. The van der Waals surface area contributed by atoms with Crippen molar-refractivity contribution >= 4 is 27.6 Å².